The van der Waals surface area contributed by atoms with Gasteiger partial charge in [-0.2, -0.15) is 0 Å². The van der Waals surface area contributed by atoms with Gasteiger partial charge in [0.1, 0.15) is 42.0 Å². The van der Waals surface area contributed by atoms with Crippen LogP contribution in [0.1, 0.15) is 46.6 Å². The number of alkyl halides is 2. The molecular formula is C31H40F2N10O15P2. The van der Waals surface area contributed by atoms with Crippen molar-refractivity contribution < 1.29 is 78.5 Å². The lowest BCUT2D eigenvalue weighted by atomic mass is 10.1. The van der Waals surface area contributed by atoms with E-state index < -0.39 is 122 Å². The molecular weight excluding hydrogens is 852 g/mol. The Morgan fingerprint density at radius 3 is 1.80 bits per heavy atom. The Hall–Kier alpha value is -4.72. The van der Waals surface area contributed by atoms with E-state index in [0.29, 0.717) is 0 Å². The van der Waals surface area contributed by atoms with Gasteiger partial charge >= 0.3 is 27.7 Å². The van der Waals surface area contributed by atoms with E-state index in [0.717, 1.165) is 23.5 Å². The summed E-state index contributed by atoms with van der Waals surface area (Å²) in [5, 5.41) is 0. The van der Waals surface area contributed by atoms with E-state index in [-0.39, 0.29) is 34.0 Å². The van der Waals surface area contributed by atoms with Gasteiger partial charge in [-0.15, -0.1) is 0 Å². The second-order valence-electron chi connectivity index (χ2n) is 13.8. The second-order valence-corrected chi connectivity index (χ2v) is 17.6. The van der Waals surface area contributed by atoms with Gasteiger partial charge < -0.3 is 39.9 Å². The molecule has 0 bridgehead atoms. The highest BCUT2D eigenvalue weighted by atomic mass is 31.2. The summed E-state index contributed by atoms with van der Waals surface area (Å²) < 4.78 is 125. The van der Waals surface area contributed by atoms with Gasteiger partial charge in [0, 0.05) is 0 Å². The van der Waals surface area contributed by atoms with Crippen LogP contribution in [0.25, 0.3) is 22.3 Å². The molecule has 3 saturated heterocycles. The number of phosphoric acid groups is 1. The topological polar surface area (TPSA) is 309 Å². The van der Waals surface area contributed by atoms with Crippen LogP contribution in [0.5, 0.6) is 0 Å². The van der Waals surface area contributed by atoms with Gasteiger partial charge in [0.15, 0.2) is 47.7 Å². The summed E-state index contributed by atoms with van der Waals surface area (Å²) in [4.78, 5) is 48.6. The van der Waals surface area contributed by atoms with Gasteiger partial charge in [0.05, 0.1) is 43.7 Å². The molecule has 0 amide bonds. The Kier molecular flexibility index (Phi) is 12.8. The molecule has 4 N–H and O–H groups in total. The molecule has 29 heteroatoms. The molecule has 2 unspecified atom stereocenters. The van der Waals surface area contributed by atoms with Crippen LogP contribution < -0.4 is 11.5 Å². The zero-order valence-electron chi connectivity index (χ0n) is 32.1. The fourth-order valence-electron chi connectivity index (χ4n) is 6.34. The van der Waals surface area contributed by atoms with Crippen LogP contribution in [-0.2, 0) is 60.2 Å². The van der Waals surface area contributed by atoms with Crippen molar-refractivity contribution >= 4 is 61.7 Å². The summed E-state index contributed by atoms with van der Waals surface area (Å²) in [5.74, 6) is -0.0478. The Balaban J connectivity index is 1.23. The minimum Gasteiger partial charge on any atom is -0.432 e. The van der Waals surface area contributed by atoms with E-state index in [1.54, 1.807) is 27.7 Å². The maximum absolute atomic E-state index is 16.8. The number of hydrogen-bond acceptors (Lipinski definition) is 23. The number of fused-ring (bicyclic) bond motifs is 4. The van der Waals surface area contributed by atoms with Crippen molar-refractivity contribution in [2.24, 2.45) is 0 Å². The predicted octanol–water partition coefficient (Wildman–Crippen LogP) is 3.86. The van der Waals surface area contributed by atoms with Crippen molar-refractivity contribution in [1.29, 1.82) is 0 Å². The first-order valence-electron chi connectivity index (χ1n) is 18.2. The number of ether oxygens (including phenoxy) is 6. The number of nitrogens with zero attached hydrogens (tertiary/aromatic N) is 8. The average Bonchev–Trinajstić information content (AvgIpc) is 3.94. The number of halogens is 2. The second kappa shape index (κ2) is 17.7. The third-order valence-corrected chi connectivity index (χ3v) is 12.2. The molecule has 60 heavy (non-hydrogen) atoms. The van der Waals surface area contributed by atoms with Crippen molar-refractivity contribution in [3.63, 3.8) is 0 Å². The summed E-state index contributed by atoms with van der Waals surface area (Å²) in [6, 6.07) is 0. The minimum absolute atomic E-state index is 0.0216. The van der Waals surface area contributed by atoms with E-state index >= 15 is 8.78 Å². The van der Waals surface area contributed by atoms with E-state index in [1.807, 2.05) is 0 Å². The van der Waals surface area contributed by atoms with Crippen molar-refractivity contribution in [3.05, 3.63) is 25.3 Å². The predicted molar refractivity (Wildman–Crippen MR) is 195 cm³/mol. The van der Waals surface area contributed by atoms with Crippen LogP contribution in [0, 0.1) is 0 Å². The number of imidazole rings is 2. The third-order valence-electron chi connectivity index (χ3n) is 8.95. The fourth-order valence-corrected chi connectivity index (χ4v) is 9.30. The molecule has 10 atom stereocenters. The lowest BCUT2D eigenvalue weighted by Gasteiger charge is -2.30. The first-order valence-corrected chi connectivity index (χ1v) is 21.3. The standard InChI is InChI=1S/C31H40F2N10O15P2/c1-14(2)53-30(44)48-12-51-59(46)6-5-16-22(18(32)28(55-16)42-10-40-20-24(34)36-8-38-26(20)42)58-60(47,52-13-49-31(45)54-15(3)4)50-7-17-23(57-59)19(33)29(56-17)43-11-41-21-25(35)37-9-39-27(21)43/h8-11,14-19,22-23,28-29H,5-7,12-13H2,1-4H3,(H2,34,36,38)(H2,35,37,39)/t16-,17-,18-,19-,22-,23-,28-,29-,59?,60?/m1/s1. The largest absolute Gasteiger partial charge is 0.510 e. The number of hydrogen-bond donors (Lipinski definition) is 2. The zero-order valence-corrected chi connectivity index (χ0v) is 33.9. The molecule has 0 aliphatic carbocycles. The van der Waals surface area contributed by atoms with Gasteiger partial charge in [0.25, 0.3) is 0 Å². The van der Waals surface area contributed by atoms with Crippen molar-refractivity contribution in [1.82, 2.24) is 39.0 Å². The number of aromatic nitrogens is 8. The molecule has 25 nitrogen and oxygen atoms in total. The maximum atomic E-state index is 16.8. The van der Waals surface area contributed by atoms with Gasteiger partial charge in [0.2, 0.25) is 13.6 Å². The molecule has 3 aliphatic heterocycles. The summed E-state index contributed by atoms with van der Waals surface area (Å²) in [5.41, 5.74) is 12.2. The van der Waals surface area contributed by atoms with Crippen LogP contribution >= 0.6 is 15.4 Å². The zero-order chi connectivity index (χ0) is 42.9. The normalized spacial score (nSPS) is 31.1. The van der Waals surface area contributed by atoms with Crippen molar-refractivity contribution in [2.75, 3.05) is 37.8 Å². The number of phosphoric ester groups is 1. The van der Waals surface area contributed by atoms with E-state index in [2.05, 4.69) is 29.9 Å². The van der Waals surface area contributed by atoms with Crippen LogP contribution in [0.4, 0.5) is 30.0 Å². The molecule has 0 radical (unpaired) electrons. The van der Waals surface area contributed by atoms with Crippen LogP contribution in [0.3, 0.4) is 0 Å². The van der Waals surface area contributed by atoms with E-state index in [1.165, 1.54) is 10.9 Å². The van der Waals surface area contributed by atoms with Crippen molar-refractivity contribution in [2.45, 2.75) is 95.5 Å². The Labute approximate surface area is 337 Å². The molecule has 0 spiro atoms. The number of nitrogens with two attached hydrogens (primary N) is 2. The first kappa shape index (κ1) is 43.4. The van der Waals surface area contributed by atoms with Gasteiger partial charge in [-0.05, 0) is 34.1 Å². The van der Waals surface area contributed by atoms with Crippen LogP contribution in [-0.4, -0.2) is 127 Å². The molecule has 7 rings (SSSR count). The van der Waals surface area contributed by atoms with Crippen LogP contribution in [0.15, 0.2) is 25.3 Å². The smallest absolute Gasteiger partial charge is 0.432 e. The fraction of sp³-hybridized carbons (Fsp3) is 0.613. The summed E-state index contributed by atoms with van der Waals surface area (Å²) in [7, 11) is -9.75. The van der Waals surface area contributed by atoms with Crippen molar-refractivity contribution in [3.8, 4) is 0 Å². The SMILES string of the molecule is CC(C)OC(=O)OCOP1(=O)CC[C@H]2O[C@@H](n3cnc4c(N)ncnc43)[C@H](F)[C@@H]2OP(=O)(OCOC(=O)OC(C)C)OC[C@H]2O[C@@H](n3cnc4c(N)ncnc43)[C@H](F)[C@@H]2O1. The van der Waals surface area contributed by atoms with Gasteiger partial charge in [-0.1, -0.05) is 0 Å². The number of nitrogen functional groups attached to an aromatic ring is 2. The van der Waals surface area contributed by atoms with E-state index in [9.17, 15) is 18.7 Å². The lowest BCUT2D eigenvalue weighted by Crippen LogP contribution is -2.37. The molecule has 328 valence electrons. The quantitative estimate of drug-likeness (QED) is 0.130. The highest BCUT2D eigenvalue weighted by Crippen LogP contribution is 2.58. The van der Waals surface area contributed by atoms with Gasteiger partial charge in [-0.25, -0.2) is 57.4 Å². The molecule has 7 heterocycles. The number of anilines is 2. The summed E-state index contributed by atoms with van der Waals surface area (Å²) >= 11 is 0. The number of carbonyl (C=O) groups is 2. The Bertz CT molecular complexity index is 2130. The summed E-state index contributed by atoms with van der Waals surface area (Å²) in [6.07, 6.45) is -14.7. The molecule has 0 saturated carbocycles. The Morgan fingerprint density at radius 2 is 1.27 bits per heavy atom. The highest BCUT2D eigenvalue weighted by molar-refractivity contribution is 7.53. The lowest BCUT2D eigenvalue weighted by molar-refractivity contribution is -0.0666. The number of carbonyl (C=O) groups excluding carboxylic acids is 2. The van der Waals surface area contributed by atoms with Gasteiger partial charge in [-0.3, -0.25) is 31.8 Å². The molecule has 3 fully saturated rings. The molecule has 0 aromatic carbocycles. The average molecular weight is 893 g/mol. The first-order chi connectivity index (χ1) is 28.5. The molecule has 4 aromatic rings. The number of rotatable bonds is 10. The maximum Gasteiger partial charge on any atom is 0.510 e. The Morgan fingerprint density at radius 1 is 0.767 bits per heavy atom. The minimum atomic E-state index is -5.10. The van der Waals surface area contributed by atoms with Crippen LogP contribution in [0.2, 0.25) is 0 Å². The monoisotopic (exact) mass is 892 g/mol. The third kappa shape index (κ3) is 9.28. The molecule has 4 aromatic heterocycles. The summed E-state index contributed by atoms with van der Waals surface area (Å²) in [6.45, 7) is 3.20. The highest BCUT2D eigenvalue weighted by Gasteiger charge is 2.55. The molecule has 3 aliphatic rings. The van der Waals surface area contributed by atoms with E-state index in [4.69, 9.17) is 62.5 Å².